The number of hydrogen-bond donors (Lipinski definition) is 0. The first-order chi connectivity index (χ1) is 13.5. The minimum atomic E-state index is 0.223. The second-order valence-corrected chi connectivity index (χ2v) is 9.35. The largest absolute Gasteiger partial charge is 0.289 e. The molecule has 0 aromatic heterocycles. The van der Waals surface area contributed by atoms with Crippen LogP contribution in [0.4, 0.5) is 0 Å². The average molecular weight is 375 g/mol. The molecule has 0 spiro atoms. The van der Waals surface area contributed by atoms with Crippen LogP contribution >= 0.6 is 0 Å². The van der Waals surface area contributed by atoms with E-state index in [0.717, 1.165) is 11.1 Å². The third kappa shape index (κ3) is 3.56. The normalized spacial score (nSPS) is 18.1. The van der Waals surface area contributed by atoms with Crippen molar-refractivity contribution in [2.24, 2.45) is 0 Å². The molecule has 0 radical (unpaired) electrons. The lowest BCUT2D eigenvalue weighted by Crippen LogP contribution is -2.12. The molecule has 2 aromatic carbocycles. The minimum absolute atomic E-state index is 0.223. The van der Waals surface area contributed by atoms with Gasteiger partial charge in [-0.15, -0.1) is 0 Å². The van der Waals surface area contributed by atoms with Gasteiger partial charge in [-0.2, -0.15) is 0 Å². The zero-order valence-electron chi connectivity index (χ0n) is 18.0. The van der Waals surface area contributed by atoms with Crippen molar-refractivity contribution in [3.63, 3.8) is 0 Å². The monoisotopic (exact) mass is 374 g/mol. The zero-order valence-corrected chi connectivity index (χ0v) is 18.0. The maximum Gasteiger partial charge on any atom is 0.193 e. The lowest BCUT2D eigenvalue weighted by molar-refractivity contribution is 0.103. The lowest BCUT2D eigenvalue weighted by Gasteiger charge is -2.20. The highest BCUT2D eigenvalue weighted by atomic mass is 16.1. The second-order valence-electron chi connectivity index (χ2n) is 9.35. The SMILES string of the molecule is Cc1cc(C(=O)c2cc(C)cc(C3CCCC3)c2C)c(C)c(C2CCCC2)c1. The Morgan fingerprint density at radius 2 is 1.00 bits per heavy atom. The Kier molecular flexibility index (Phi) is 5.45. The number of ketones is 1. The van der Waals surface area contributed by atoms with Crippen LogP contribution in [0.2, 0.25) is 0 Å². The number of hydrogen-bond acceptors (Lipinski definition) is 1. The van der Waals surface area contributed by atoms with Crippen LogP contribution in [0.5, 0.6) is 0 Å². The van der Waals surface area contributed by atoms with Crippen LogP contribution in [-0.4, -0.2) is 5.78 Å². The van der Waals surface area contributed by atoms with Crippen LogP contribution in [0.3, 0.4) is 0 Å². The van der Waals surface area contributed by atoms with Crippen LogP contribution in [-0.2, 0) is 0 Å². The molecule has 28 heavy (non-hydrogen) atoms. The molecule has 2 aromatic rings. The van der Waals surface area contributed by atoms with Crippen LogP contribution in [0, 0.1) is 27.7 Å². The number of carbonyl (C=O) groups is 1. The maximum atomic E-state index is 13.7. The van der Waals surface area contributed by atoms with Crippen LogP contribution in [0.1, 0.15) is 113 Å². The highest BCUT2D eigenvalue weighted by Crippen LogP contribution is 2.39. The predicted octanol–water partition coefficient (Wildman–Crippen LogP) is 7.47. The van der Waals surface area contributed by atoms with Gasteiger partial charge in [-0.3, -0.25) is 4.79 Å². The van der Waals surface area contributed by atoms with E-state index in [1.54, 1.807) is 0 Å². The van der Waals surface area contributed by atoms with E-state index in [1.807, 2.05) is 0 Å². The first kappa shape index (κ1) is 19.4. The highest BCUT2D eigenvalue weighted by Gasteiger charge is 2.26. The van der Waals surface area contributed by atoms with E-state index in [2.05, 4.69) is 52.0 Å². The Labute approximate surface area is 170 Å². The van der Waals surface area contributed by atoms with Gasteiger partial charge in [0, 0.05) is 11.1 Å². The van der Waals surface area contributed by atoms with Crippen molar-refractivity contribution in [3.8, 4) is 0 Å². The van der Waals surface area contributed by atoms with Crippen molar-refractivity contribution in [1.29, 1.82) is 0 Å². The Morgan fingerprint density at radius 1 is 0.643 bits per heavy atom. The lowest BCUT2D eigenvalue weighted by atomic mass is 9.83. The van der Waals surface area contributed by atoms with Crippen LogP contribution in [0.15, 0.2) is 24.3 Å². The summed E-state index contributed by atoms with van der Waals surface area (Å²) < 4.78 is 0. The average Bonchev–Trinajstić information content (AvgIpc) is 3.38. The van der Waals surface area contributed by atoms with Crippen molar-refractivity contribution in [2.45, 2.75) is 90.9 Å². The van der Waals surface area contributed by atoms with Crippen molar-refractivity contribution in [3.05, 3.63) is 68.8 Å². The summed E-state index contributed by atoms with van der Waals surface area (Å²) in [6.07, 6.45) is 10.4. The van der Waals surface area contributed by atoms with Gasteiger partial charge < -0.3 is 0 Å². The molecule has 0 heterocycles. The van der Waals surface area contributed by atoms with Gasteiger partial charge in [0.2, 0.25) is 0 Å². The van der Waals surface area contributed by atoms with Crippen LogP contribution in [0.25, 0.3) is 0 Å². The fourth-order valence-electron chi connectivity index (χ4n) is 5.71. The molecule has 0 N–H and O–H groups in total. The van der Waals surface area contributed by atoms with Crippen LogP contribution < -0.4 is 0 Å². The van der Waals surface area contributed by atoms with E-state index in [9.17, 15) is 4.79 Å². The highest BCUT2D eigenvalue weighted by molar-refractivity contribution is 6.11. The minimum Gasteiger partial charge on any atom is -0.289 e. The Bertz CT molecular complexity index is 819. The van der Waals surface area contributed by atoms with Gasteiger partial charge in [-0.05, 0) is 99.6 Å². The van der Waals surface area contributed by atoms with E-state index in [-0.39, 0.29) is 5.78 Å². The summed E-state index contributed by atoms with van der Waals surface area (Å²) in [7, 11) is 0. The smallest absolute Gasteiger partial charge is 0.193 e. The molecule has 0 bridgehead atoms. The van der Waals surface area contributed by atoms with Crippen molar-refractivity contribution in [2.75, 3.05) is 0 Å². The summed E-state index contributed by atoms with van der Waals surface area (Å²) in [6, 6.07) is 8.89. The molecular weight excluding hydrogens is 340 g/mol. The zero-order chi connectivity index (χ0) is 19.8. The molecule has 0 saturated heterocycles. The molecule has 2 aliphatic carbocycles. The van der Waals surface area contributed by atoms with Gasteiger partial charge in [0.05, 0.1) is 0 Å². The van der Waals surface area contributed by atoms with E-state index in [4.69, 9.17) is 0 Å². The van der Waals surface area contributed by atoms with Gasteiger partial charge in [0.1, 0.15) is 0 Å². The quantitative estimate of drug-likeness (QED) is 0.507. The van der Waals surface area contributed by atoms with E-state index in [0.29, 0.717) is 11.8 Å². The summed E-state index contributed by atoms with van der Waals surface area (Å²) in [4.78, 5) is 13.7. The Morgan fingerprint density at radius 3 is 1.36 bits per heavy atom. The molecule has 148 valence electrons. The second kappa shape index (κ2) is 7.85. The van der Waals surface area contributed by atoms with E-state index in [1.165, 1.54) is 84.7 Å². The Balaban J connectivity index is 1.78. The van der Waals surface area contributed by atoms with Crippen molar-refractivity contribution in [1.82, 2.24) is 0 Å². The number of benzene rings is 2. The van der Waals surface area contributed by atoms with E-state index >= 15 is 0 Å². The summed E-state index contributed by atoms with van der Waals surface area (Å²) in [5.41, 5.74) is 9.55. The molecule has 0 aliphatic heterocycles. The van der Waals surface area contributed by atoms with Gasteiger partial charge in [-0.25, -0.2) is 0 Å². The molecule has 2 fully saturated rings. The predicted molar refractivity (Wildman–Crippen MR) is 118 cm³/mol. The van der Waals surface area contributed by atoms with Crippen molar-refractivity contribution < 1.29 is 4.79 Å². The number of aryl methyl sites for hydroxylation is 2. The van der Waals surface area contributed by atoms with Gasteiger partial charge in [-0.1, -0.05) is 48.9 Å². The summed E-state index contributed by atoms with van der Waals surface area (Å²) in [5, 5.41) is 0. The van der Waals surface area contributed by atoms with Crippen molar-refractivity contribution >= 4 is 5.78 Å². The standard InChI is InChI=1S/C27H34O/c1-17-13-23(21-9-5-6-10-21)19(3)25(15-17)27(28)26-16-18(2)14-24(20(26)4)22-11-7-8-12-22/h13-16,21-22H,5-12H2,1-4H3. The fraction of sp³-hybridized carbons (Fsp3) is 0.519. The van der Waals surface area contributed by atoms with Gasteiger partial charge >= 0.3 is 0 Å². The fourth-order valence-corrected chi connectivity index (χ4v) is 5.71. The molecule has 1 heteroatoms. The maximum absolute atomic E-state index is 13.7. The number of carbonyl (C=O) groups excluding carboxylic acids is 1. The molecule has 0 atom stereocenters. The molecule has 2 saturated carbocycles. The topological polar surface area (TPSA) is 17.1 Å². The number of rotatable bonds is 4. The molecule has 2 aliphatic rings. The Hall–Kier alpha value is -1.89. The van der Waals surface area contributed by atoms with E-state index < -0.39 is 0 Å². The van der Waals surface area contributed by atoms with Gasteiger partial charge in [0.25, 0.3) is 0 Å². The molecule has 0 unspecified atom stereocenters. The molecule has 1 nitrogen and oxygen atoms in total. The summed E-state index contributed by atoms with van der Waals surface area (Å²) in [6.45, 7) is 8.62. The molecule has 0 amide bonds. The summed E-state index contributed by atoms with van der Waals surface area (Å²) in [5.74, 6) is 1.50. The first-order valence-corrected chi connectivity index (χ1v) is 11.2. The molecule has 4 rings (SSSR count). The van der Waals surface area contributed by atoms with Gasteiger partial charge in [0.15, 0.2) is 5.78 Å². The third-order valence-corrected chi connectivity index (χ3v) is 7.26. The molecular formula is C27H34O. The first-order valence-electron chi connectivity index (χ1n) is 11.2. The summed E-state index contributed by atoms with van der Waals surface area (Å²) >= 11 is 0. The third-order valence-electron chi connectivity index (χ3n) is 7.26.